The number of hydrogen-bond acceptors (Lipinski definition) is 4. The third-order valence-corrected chi connectivity index (χ3v) is 6.41. The van der Waals surface area contributed by atoms with Crippen molar-refractivity contribution >= 4 is 29.3 Å². The fraction of sp³-hybridized carbons (Fsp3) is 0.381. The molecular weight excluding hydrogens is 406 g/mol. The number of halogens is 1. The summed E-state index contributed by atoms with van der Waals surface area (Å²) in [5.74, 6) is 1.20. The SMILES string of the molecule is Cn1cccc1Cc1nnc(SCC(=O)NC2CCCC2)n1-c1ccc(Cl)cc1. The molecule has 0 bridgehead atoms. The molecule has 8 heteroatoms. The van der Waals surface area contributed by atoms with Gasteiger partial charge in [-0.25, -0.2) is 0 Å². The van der Waals surface area contributed by atoms with E-state index in [9.17, 15) is 4.79 Å². The molecule has 1 aromatic carbocycles. The molecule has 6 nitrogen and oxygen atoms in total. The molecule has 1 amide bonds. The Bertz CT molecular complexity index is 975. The molecule has 0 spiro atoms. The number of amides is 1. The Morgan fingerprint density at radius 1 is 1.21 bits per heavy atom. The number of hydrogen-bond donors (Lipinski definition) is 1. The molecule has 0 unspecified atom stereocenters. The lowest BCUT2D eigenvalue weighted by atomic mass is 10.2. The second-order valence-electron chi connectivity index (χ2n) is 7.34. The second kappa shape index (κ2) is 9.05. The van der Waals surface area contributed by atoms with E-state index in [2.05, 4.69) is 26.1 Å². The van der Waals surface area contributed by atoms with Gasteiger partial charge in [-0.05, 0) is 49.2 Å². The first-order valence-corrected chi connectivity index (χ1v) is 11.2. The van der Waals surface area contributed by atoms with Crippen LogP contribution < -0.4 is 5.32 Å². The Morgan fingerprint density at radius 3 is 2.66 bits per heavy atom. The molecule has 1 N–H and O–H groups in total. The second-order valence-corrected chi connectivity index (χ2v) is 8.71. The molecule has 4 rings (SSSR count). The zero-order valence-corrected chi connectivity index (χ0v) is 17.9. The standard InChI is InChI=1S/C21H24ClN5OS/c1-26-12-4-7-18(26)13-19-24-25-21(27(19)17-10-8-15(22)9-11-17)29-14-20(28)23-16-5-2-3-6-16/h4,7-12,16H,2-3,5-6,13-14H2,1H3,(H,23,28). The lowest BCUT2D eigenvalue weighted by Crippen LogP contribution is -2.33. The van der Waals surface area contributed by atoms with Gasteiger partial charge in [-0.1, -0.05) is 36.2 Å². The number of benzene rings is 1. The highest BCUT2D eigenvalue weighted by Crippen LogP contribution is 2.25. The Balaban J connectivity index is 1.55. The van der Waals surface area contributed by atoms with E-state index in [1.165, 1.54) is 24.6 Å². The van der Waals surface area contributed by atoms with E-state index in [4.69, 9.17) is 11.6 Å². The highest BCUT2D eigenvalue weighted by molar-refractivity contribution is 7.99. The van der Waals surface area contributed by atoms with E-state index in [1.54, 1.807) is 0 Å². The van der Waals surface area contributed by atoms with Crippen LogP contribution in [-0.2, 0) is 18.3 Å². The largest absolute Gasteiger partial charge is 0.354 e. The number of thioether (sulfide) groups is 1. The maximum atomic E-state index is 12.4. The summed E-state index contributed by atoms with van der Waals surface area (Å²) < 4.78 is 4.08. The first-order chi connectivity index (χ1) is 14.1. The van der Waals surface area contributed by atoms with Gasteiger partial charge in [-0.2, -0.15) is 0 Å². The van der Waals surface area contributed by atoms with Crippen molar-refractivity contribution in [2.24, 2.45) is 7.05 Å². The number of carbonyl (C=O) groups is 1. The normalized spacial score (nSPS) is 14.4. The van der Waals surface area contributed by atoms with Crippen molar-refractivity contribution < 1.29 is 4.79 Å². The molecule has 2 heterocycles. The molecule has 1 aliphatic rings. The number of nitrogens with one attached hydrogen (secondary N) is 1. The first kappa shape index (κ1) is 20.0. The predicted octanol–water partition coefficient (Wildman–Crippen LogP) is 4.00. The van der Waals surface area contributed by atoms with E-state index >= 15 is 0 Å². The smallest absolute Gasteiger partial charge is 0.230 e. The van der Waals surface area contributed by atoms with Gasteiger partial charge >= 0.3 is 0 Å². The maximum absolute atomic E-state index is 12.4. The zero-order chi connectivity index (χ0) is 20.2. The minimum Gasteiger partial charge on any atom is -0.354 e. The number of carbonyl (C=O) groups excluding carboxylic acids is 1. The molecule has 29 heavy (non-hydrogen) atoms. The van der Waals surface area contributed by atoms with Crippen LogP contribution in [0.4, 0.5) is 0 Å². The highest BCUT2D eigenvalue weighted by atomic mass is 35.5. The van der Waals surface area contributed by atoms with Gasteiger partial charge in [-0.15, -0.1) is 10.2 Å². The van der Waals surface area contributed by atoms with E-state index in [1.807, 2.05) is 48.1 Å². The van der Waals surface area contributed by atoms with Crippen LogP contribution in [0.15, 0.2) is 47.8 Å². The van der Waals surface area contributed by atoms with Crippen molar-refractivity contribution in [1.29, 1.82) is 0 Å². The fourth-order valence-corrected chi connectivity index (χ4v) is 4.58. The van der Waals surface area contributed by atoms with Crippen molar-refractivity contribution in [1.82, 2.24) is 24.6 Å². The number of aromatic nitrogens is 4. The molecule has 1 saturated carbocycles. The summed E-state index contributed by atoms with van der Waals surface area (Å²) in [5.41, 5.74) is 2.07. The minimum absolute atomic E-state index is 0.0524. The molecule has 0 atom stereocenters. The van der Waals surface area contributed by atoms with Crippen LogP contribution in [-0.4, -0.2) is 37.0 Å². The zero-order valence-electron chi connectivity index (χ0n) is 16.3. The number of rotatable bonds is 7. The highest BCUT2D eigenvalue weighted by Gasteiger charge is 2.20. The minimum atomic E-state index is 0.0524. The molecule has 1 fully saturated rings. The fourth-order valence-electron chi connectivity index (χ4n) is 3.67. The van der Waals surface area contributed by atoms with Crippen LogP contribution in [0.2, 0.25) is 5.02 Å². The predicted molar refractivity (Wildman–Crippen MR) is 116 cm³/mol. The van der Waals surface area contributed by atoms with Crippen molar-refractivity contribution in [3.8, 4) is 5.69 Å². The van der Waals surface area contributed by atoms with Crippen LogP contribution in [0.1, 0.15) is 37.2 Å². The molecule has 0 saturated heterocycles. The number of aryl methyl sites for hydroxylation is 1. The van der Waals surface area contributed by atoms with Gasteiger partial charge < -0.3 is 9.88 Å². The van der Waals surface area contributed by atoms with Gasteiger partial charge in [0.15, 0.2) is 5.16 Å². The van der Waals surface area contributed by atoms with Crippen LogP contribution in [0, 0.1) is 0 Å². The monoisotopic (exact) mass is 429 g/mol. The average molecular weight is 430 g/mol. The van der Waals surface area contributed by atoms with E-state index < -0.39 is 0 Å². The van der Waals surface area contributed by atoms with Gasteiger partial charge in [0.2, 0.25) is 5.91 Å². The van der Waals surface area contributed by atoms with Gasteiger partial charge in [0.1, 0.15) is 5.82 Å². The Labute approximate surface area is 179 Å². The molecule has 3 aromatic rings. The van der Waals surface area contributed by atoms with Crippen molar-refractivity contribution in [3.05, 3.63) is 59.1 Å². The third kappa shape index (κ3) is 4.85. The summed E-state index contributed by atoms with van der Waals surface area (Å²) in [6.07, 6.45) is 7.22. The van der Waals surface area contributed by atoms with Gasteiger partial charge in [0.25, 0.3) is 0 Å². The van der Waals surface area contributed by atoms with Gasteiger partial charge in [0.05, 0.1) is 5.75 Å². The summed E-state index contributed by atoms with van der Waals surface area (Å²) in [4.78, 5) is 12.4. The summed E-state index contributed by atoms with van der Waals surface area (Å²) >= 11 is 7.48. The van der Waals surface area contributed by atoms with Crippen LogP contribution in [0.5, 0.6) is 0 Å². The Morgan fingerprint density at radius 2 is 1.97 bits per heavy atom. The Hall–Kier alpha value is -2.25. The molecule has 0 radical (unpaired) electrons. The summed E-state index contributed by atoms with van der Waals surface area (Å²) in [7, 11) is 2.02. The average Bonchev–Trinajstić information content (AvgIpc) is 3.44. The van der Waals surface area contributed by atoms with Gasteiger partial charge in [0, 0.05) is 42.1 Å². The third-order valence-electron chi connectivity index (χ3n) is 5.23. The van der Waals surface area contributed by atoms with Crippen LogP contribution in [0.3, 0.4) is 0 Å². The van der Waals surface area contributed by atoms with E-state index in [0.717, 1.165) is 30.0 Å². The summed E-state index contributed by atoms with van der Waals surface area (Å²) in [6.45, 7) is 0. The van der Waals surface area contributed by atoms with Crippen molar-refractivity contribution in [3.63, 3.8) is 0 Å². The van der Waals surface area contributed by atoms with Crippen LogP contribution >= 0.6 is 23.4 Å². The Kier molecular flexibility index (Phi) is 6.25. The van der Waals surface area contributed by atoms with Crippen molar-refractivity contribution in [2.45, 2.75) is 43.3 Å². The first-order valence-electron chi connectivity index (χ1n) is 9.83. The maximum Gasteiger partial charge on any atom is 0.230 e. The lowest BCUT2D eigenvalue weighted by Gasteiger charge is -2.13. The summed E-state index contributed by atoms with van der Waals surface area (Å²) in [6, 6.07) is 12.0. The number of nitrogens with zero attached hydrogens (tertiary/aromatic N) is 4. The van der Waals surface area contributed by atoms with Crippen molar-refractivity contribution in [2.75, 3.05) is 5.75 Å². The lowest BCUT2D eigenvalue weighted by molar-refractivity contribution is -0.119. The summed E-state index contributed by atoms with van der Waals surface area (Å²) in [5, 5.41) is 13.3. The van der Waals surface area contributed by atoms with E-state index in [0.29, 0.717) is 28.4 Å². The van der Waals surface area contributed by atoms with Crippen LogP contribution in [0.25, 0.3) is 5.69 Å². The molecule has 1 aliphatic carbocycles. The quantitative estimate of drug-likeness (QED) is 0.576. The molecule has 0 aliphatic heterocycles. The van der Waals surface area contributed by atoms with E-state index in [-0.39, 0.29) is 5.91 Å². The molecule has 152 valence electrons. The van der Waals surface area contributed by atoms with Gasteiger partial charge in [-0.3, -0.25) is 9.36 Å². The molecular formula is C21H24ClN5OS. The topological polar surface area (TPSA) is 64.7 Å². The molecule has 2 aromatic heterocycles.